The monoisotopic (exact) mass is 311 g/mol. The Morgan fingerprint density at radius 2 is 2.00 bits per heavy atom. The zero-order chi connectivity index (χ0) is 16.5. The van der Waals surface area contributed by atoms with Crippen molar-refractivity contribution in [2.24, 2.45) is 5.41 Å². The standard InChI is InChI=1S/C16H25NO5/c1-6-21-13(18)11-9-16(7-8-20-5)10-12(16)17(11)14(19)22-15(2,3)4/h7-8,11-12H,6,9-10H2,1-5H3/b8-7+/t11-,12-,16+/m0/s1. The van der Waals surface area contributed by atoms with Crippen molar-refractivity contribution in [3.05, 3.63) is 12.3 Å². The van der Waals surface area contributed by atoms with Crippen LogP contribution in [0.2, 0.25) is 0 Å². The number of rotatable bonds is 4. The van der Waals surface area contributed by atoms with Crippen LogP contribution in [-0.2, 0) is 19.0 Å². The lowest BCUT2D eigenvalue weighted by Gasteiger charge is -2.29. The van der Waals surface area contributed by atoms with Gasteiger partial charge in [0.05, 0.1) is 20.0 Å². The van der Waals surface area contributed by atoms with Crippen LogP contribution >= 0.6 is 0 Å². The van der Waals surface area contributed by atoms with E-state index in [1.54, 1.807) is 25.2 Å². The van der Waals surface area contributed by atoms with Gasteiger partial charge in [-0.1, -0.05) is 0 Å². The maximum absolute atomic E-state index is 12.5. The molecule has 1 aliphatic carbocycles. The summed E-state index contributed by atoms with van der Waals surface area (Å²) >= 11 is 0. The molecular weight excluding hydrogens is 286 g/mol. The average Bonchev–Trinajstić information content (AvgIpc) is 2.99. The molecule has 0 unspecified atom stereocenters. The van der Waals surface area contributed by atoms with Crippen LogP contribution in [-0.4, -0.2) is 48.4 Å². The molecule has 0 radical (unpaired) electrons. The van der Waals surface area contributed by atoms with Crippen molar-refractivity contribution in [2.45, 2.75) is 58.2 Å². The van der Waals surface area contributed by atoms with E-state index in [0.717, 1.165) is 6.42 Å². The third-order valence-corrected chi connectivity index (χ3v) is 4.02. The molecule has 2 fully saturated rings. The molecule has 0 aromatic carbocycles. The molecule has 0 spiro atoms. The zero-order valence-corrected chi connectivity index (χ0v) is 13.9. The number of piperidine rings is 1. The summed E-state index contributed by atoms with van der Waals surface area (Å²) in [4.78, 5) is 26.2. The summed E-state index contributed by atoms with van der Waals surface area (Å²) in [5.41, 5.74) is -0.789. The van der Waals surface area contributed by atoms with E-state index in [1.807, 2.05) is 26.8 Å². The lowest BCUT2D eigenvalue weighted by molar-refractivity contribution is -0.148. The summed E-state index contributed by atoms with van der Waals surface area (Å²) in [7, 11) is 1.58. The SMILES string of the molecule is CCOC(=O)[C@@H]1C[C@]2(/C=C/OC)C[C@@H]2N1C(=O)OC(C)(C)C. The number of esters is 1. The largest absolute Gasteiger partial charge is 0.505 e. The first kappa shape index (κ1) is 16.6. The molecule has 124 valence electrons. The molecule has 0 bridgehead atoms. The van der Waals surface area contributed by atoms with E-state index in [4.69, 9.17) is 14.2 Å². The maximum Gasteiger partial charge on any atom is 0.411 e. The molecule has 1 saturated heterocycles. The Morgan fingerprint density at radius 1 is 1.32 bits per heavy atom. The van der Waals surface area contributed by atoms with Gasteiger partial charge in [0.1, 0.15) is 11.6 Å². The Labute approximate surface area is 131 Å². The predicted molar refractivity (Wildman–Crippen MR) is 80.1 cm³/mol. The molecule has 6 nitrogen and oxygen atoms in total. The fraction of sp³-hybridized carbons (Fsp3) is 0.750. The number of fused-ring (bicyclic) bond motifs is 1. The molecule has 2 aliphatic rings. The highest BCUT2D eigenvalue weighted by Crippen LogP contribution is 2.61. The minimum absolute atomic E-state index is 0.0249. The minimum atomic E-state index is -0.598. The van der Waals surface area contributed by atoms with E-state index in [-0.39, 0.29) is 17.4 Å². The van der Waals surface area contributed by atoms with Gasteiger partial charge >= 0.3 is 12.1 Å². The molecule has 1 heterocycles. The van der Waals surface area contributed by atoms with Crippen molar-refractivity contribution in [1.29, 1.82) is 0 Å². The molecule has 1 saturated carbocycles. The third kappa shape index (κ3) is 3.20. The number of methoxy groups -OCH3 is 1. The van der Waals surface area contributed by atoms with Crippen molar-refractivity contribution in [3.8, 4) is 0 Å². The number of amides is 1. The van der Waals surface area contributed by atoms with E-state index >= 15 is 0 Å². The van der Waals surface area contributed by atoms with E-state index in [2.05, 4.69) is 0 Å². The van der Waals surface area contributed by atoms with Crippen molar-refractivity contribution in [2.75, 3.05) is 13.7 Å². The highest BCUT2D eigenvalue weighted by molar-refractivity contribution is 5.84. The third-order valence-electron chi connectivity index (χ3n) is 4.02. The van der Waals surface area contributed by atoms with Crippen molar-refractivity contribution < 1.29 is 23.8 Å². The number of hydrogen-bond donors (Lipinski definition) is 0. The fourth-order valence-electron chi connectivity index (χ4n) is 3.03. The molecule has 0 aromatic heterocycles. The second kappa shape index (κ2) is 5.82. The number of hydrogen-bond acceptors (Lipinski definition) is 5. The maximum atomic E-state index is 12.5. The topological polar surface area (TPSA) is 65.1 Å². The van der Waals surface area contributed by atoms with Gasteiger partial charge in [-0.2, -0.15) is 0 Å². The Hall–Kier alpha value is -1.72. The molecular formula is C16H25NO5. The Bertz CT molecular complexity index is 481. The summed E-state index contributed by atoms with van der Waals surface area (Å²) in [5, 5.41) is 0. The highest BCUT2D eigenvalue weighted by Gasteiger charge is 2.67. The second-order valence-corrected chi connectivity index (χ2v) is 6.85. The van der Waals surface area contributed by atoms with Crippen LogP contribution in [0.25, 0.3) is 0 Å². The van der Waals surface area contributed by atoms with E-state index in [0.29, 0.717) is 13.0 Å². The molecule has 22 heavy (non-hydrogen) atoms. The molecule has 1 aliphatic heterocycles. The summed E-state index contributed by atoms with van der Waals surface area (Å²) < 4.78 is 15.5. The van der Waals surface area contributed by atoms with Gasteiger partial charge in [-0.05, 0) is 46.6 Å². The van der Waals surface area contributed by atoms with Crippen molar-refractivity contribution in [1.82, 2.24) is 4.90 Å². The first-order chi connectivity index (χ1) is 10.2. The van der Waals surface area contributed by atoms with Crippen LogP contribution in [0.4, 0.5) is 4.79 Å². The fourth-order valence-corrected chi connectivity index (χ4v) is 3.03. The van der Waals surface area contributed by atoms with E-state index in [9.17, 15) is 9.59 Å². The molecule has 0 N–H and O–H groups in total. The van der Waals surface area contributed by atoms with Crippen LogP contribution in [0.15, 0.2) is 12.3 Å². The summed E-state index contributed by atoms with van der Waals surface area (Å²) in [5.74, 6) is -0.370. The quantitative estimate of drug-likeness (QED) is 0.589. The number of ether oxygens (including phenoxy) is 3. The van der Waals surface area contributed by atoms with Gasteiger partial charge in [0.2, 0.25) is 0 Å². The van der Waals surface area contributed by atoms with Gasteiger partial charge in [-0.3, -0.25) is 4.90 Å². The minimum Gasteiger partial charge on any atom is -0.505 e. The van der Waals surface area contributed by atoms with Crippen molar-refractivity contribution in [3.63, 3.8) is 0 Å². The van der Waals surface area contributed by atoms with Crippen molar-refractivity contribution >= 4 is 12.1 Å². The summed E-state index contributed by atoms with van der Waals surface area (Å²) in [6.07, 6.45) is 4.47. The van der Waals surface area contributed by atoms with E-state index < -0.39 is 17.7 Å². The van der Waals surface area contributed by atoms with Gasteiger partial charge in [0.15, 0.2) is 0 Å². The normalized spacial score (nSPS) is 30.1. The van der Waals surface area contributed by atoms with Crippen LogP contribution < -0.4 is 0 Å². The molecule has 0 aromatic rings. The average molecular weight is 311 g/mol. The van der Waals surface area contributed by atoms with Crippen LogP contribution in [0, 0.1) is 5.41 Å². The molecule has 1 amide bonds. The van der Waals surface area contributed by atoms with Crippen LogP contribution in [0.1, 0.15) is 40.5 Å². The molecule has 2 rings (SSSR count). The number of nitrogens with zero attached hydrogens (tertiary/aromatic N) is 1. The highest BCUT2D eigenvalue weighted by atomic mass is 16.6. The van der Waals surface area contributed by atoms with Gasteiger partial charge in [0.25, 0.3) is 0 Å². The first-order valence-corrected chi connectivity index (χ1v) is 7.62. The predicted octanol–water partition coefficient (Wildman–Crippen LogP) is 2.48. The second-order valence-electron chi connectivity index (χ2n) is 6.85. The van der Waals surface area contributed by atoms with Crippen LogP contribution in [0.5, 0.6) is 0 Å². The van der Waals surface area contributed by atoms with Gasteiger partial charge < -0.3 is 14.2 Å². The lowest BCUT2D eigenvalue weighted by atomic mass is 10.00. The number of likely N-dealkylation sites (tertiary alicyclic amines) is 1. The Morgan fingerprint density at radius 3 is 2.55 bits per heavy atom. The first-order valence-electron chi connectivity index (χ1n) is 7.62. The number of carbonyl (C=O) groups excluding carboxylic acids is 2. The lowest BCUT2D eigenvalue weighted by Crippen LogP contribution is -2.46. The van der Waals surface area contributed by atoms with Gasteiger partial charge in [-0.15, -0.1) is 0 Å². The Kier molecular flexibility index (Phi) is 4.40. The van der Waals surface area contributed by atoms with Gasteiger partial charge in [0, 0.05) is 11.5 Å². The number of carbonyl (C=O) groups is 2. The summed E-state index contributed by atoms with van der Waals surface area (Å²) in [6, 6.07) is -0.613. The summed E-state index contributed by atoms with van der Waals surface area (Å²) in [6.45, 7) is 7.48. The zero-order valence-electron chi connectivity index (χ0n) is 13.9. The van der Waals surface area contributed by atoms with Crippen LogP contribution in [0.3, 0.4) is 0 Å². The molecule has 3 atom stereocenters. The van der Waals surface area contributed by atoms with E-state index in [1.165, 1.54) is 0 Å². The Balaban J connectivity index is 2.18. The molecule has 6 heteroatoms. The van der Waals surface area contributed by atoms with Gasteiger partial charge in [-0.25, -0.2) is 9.59 Å². The smallest absolute Gasteiger partial charge is 0.411 e.